The smallest absolute Gasteiger partial charge is 0.258 e. The van der Waals surface area contributed by atoms with E-state index < -0.39 is 11.9 Å². The summed E-state index contributed by atoms with van der Waals surface area (Å²) in [5.74, 6) is -0.166. The Labute approximate surface area is 180 Å². The summed E-state index contributed by atoms with van der Waals surface area (Å²) in [6.07, 6.45) is 3.66. The zero-order chi connectivity index (χ0) is 22.5. The Balaban J connectivity index is 2.38. The van der Waals surface area contributed by atoms with Gasteiger partial charge in [-0.3, -0.25) is 0 Å². The molecule has 3 rings (SSSR count). The maximum atomic E-state index is 14.2. The number of benzene rings is 1. The normalized spacial score (nSPS) is 21.1. The molecule has 1 aromatic carbocycles. The van der Waals surface area contributed by atoms with Crippen LogP contribution in [0, 0.1) is 16.6 Å². The molecule has 0 saturated heterocycles. The van der Waals surface area contributed by atoms with E-state index in [0.717, 1.165) is 0 Å². The predicted octanol–water partition coefficient (Wildman–Crippen LogP) is 3.29. The highest BCUT2D eigenvalue weighted by Gasteiger charge is 2.22. The molecular formula is C22H26FN7O. The molecule has 162 valence electrons. The number of nitrogen functional groups attached to an aromatic ring is 1. The van der Waals surface area contributed by atoms with E-state index in [1.165, 1.54) is 30.8 Å². The molecule has 8 nitrogen and oxygen atoms in total. The van der Waals surface area contributed by atoms with Crippen LogP contribution in [0.1, 0.15) is 43.2 Å². The lowest BCUT2D eigenvalue weighted by Gasteiger charge is -2.23. The summed E-state index contributed by atoms with van der Waals surface area (Å²) in [5, 5.41) is 22.4. The molecule has 2 aromatic rings. The summed E-state index contributed by atoms with van der Waals surface area (Å²) in [7, 11) is 1.74. The van der Waals surface area contributed by atoms with Crippen LogP contribution in [0.4, 0.5) is 10.2 Å². The number of anilines is 1. The zero-order valence-electron chi connectivity index (χ0n) is 17.7. The van der Waals surface area contributed by atoms with Gasteiger partial charge in [-0.2, -0.15) is 0 Å². The molecule has 1 atom stereocenters. The molecular weight excluding hydrogens is 397 g/mol. The van der Waals surface area contributed by atoms with Crippen LogP contribution in [-0.2, 0) is 0 Å². The Bertz CT molecular complexity index is 1080. The fourth-order valence-electron chi connectivity index (χ4n) is 3.56. The summed E-state index contributed by atoms with van der Waals surface area (Å²) >= 11 is 0. The average molecular weight is 423 g/mol. The van der Waals surface area contributed by atoms with E-state index >= 15 is 0 Å². The molecule has 31 heavy (non-hydrogen) atoms. The first-order valence-corrected chi connectivity index (χ1v) is 9.91. The number of rotatable bonds is 5. The van der Waals surface area contributed by atoms with Crippen LogP contribution in [0.5, 0.6) is 5.88 Å². The van der Waals surface area contributed by atoms with Crippen molar-refractivity contribution >= 4 is 29.6 Å². The van der Waals surface area contributed by atoms with E-state index in [9.17, 15) is 4.39 Å². The molecule has 0 radical (unpaired) electrons. The van der Waals surface area contributed by atoms with Gasteiger partial charge in [-0.25, -0.2) is 14.4 Å². The van der Waals surface area contributed by atoms with Crippen molar-refractivity contribution in [3.05, 3.63) is 58.2 Å². The summed E-state index contributed by atoms with van der Waals surface area (Å²) in [6, 6.07) is 4.41. The number of allylic oxidation sites excluding steroid dienone is 2. The van der Waals surface area contributed by atoms with Crippen LogP contribution in [0.2, 0.25) is 0 Å². The van der Waals surface area contributed by atoms with Crippen molar-refractivity contribution in [3.63, 3.8) is 0 Å². The number of halogens is 1. The lowest BCUT2D eigenvalue weighted by molar-refractivity contribution is 0.217. The molecule has 1 unspecified atom stereocenters. The van der Waals surface area contributed by atoms with Crippen molar-refractivity contribution < 1.29 is 9.13 Å². The highest BCUT2D eigenvalue weighted by atomic mass is 19.1. The number of nitrogens with zero attached hydrogens (tertiary/aromatic N) is 2. The van der Waals surface area contributed by atoms with Crippen molar-refractivity contribution in [3.8, 4) is 5.88 Å². The number of aromatic nitrogens is 2. The second-order valence-electron chi connectivity index (χ2n) is 6.98. The second kappa shape index (κ2) is 9.38. The molecule has 1 aromatic heterocycles. The van der Waals surface area contributed by atoms with Gasteiger partial charge in [0.05, 0.1) is 11.9 Å². The van der Waals surface area contributed by atoms with Crippen LogP contribution in [-0.4, -0.2) is 36.0 Å². The number of ether oxygens (including phenoxy) is 1. The number of hydrogen-bond donors (Lipinski definition) is 5. The molecule has 6 N–H and O–H groups in total. The Hall–Kier alpha value is -3.75. The monoisotopic (exact) mass is 423 g/mol. The van der Waals surface area contributed by atoms with Gasteiger partial charge in [-0.1, -0.05) is 0 Å². The SMILES string of the molecule is CCN/C1=C(\C=N)C/C(C=N)=C(/NC)c2ccc(F)cc2C(C)Oc2nc1cnc2N. The summed E-state index contributed by atoms with van der Waals surface area (Å²) < 4.78 is 20.2. The zero-order valence-corrected chi connectivity index (χ0v) is 17.7. The van der Waals surface area contributed by atoms with Gasteiger partial charge in [0.1, 0.15) is 17.6 Å². The van der Waals surface area contributed by atoms with Gasteiger partial charge >= 0.3 is 0 Å². The van der Waals surface area contributed by atoms with Gasteiger partial charge in [0.25, 0.3) is 5.88 Å². The van der Waals surface area contributed by atoms with Crippen molar-refractivity contribution in [2.24, 2.45) is 0 Å². The van der Waals surface area contributed by atoms with Gasteiger partial charge in [0.2, 0.25) is 0 Å². The first kappa shape index (κ1) is 21.9. The molecule has 1 aliphatic rings. The first-order chi connectivity index (χ1) is 14.9. The summed E-state index contributed by atoms with van der Waals surface area (Å²) in [6.45, 7) is 4.31. The standard InChI is InChI=1S/C22H26FN7O/c1-4-28-20-14(10-25)7-13(9-24)19(27-3)16-6-5-15(23)8-17(16)12(2)31-22-21(26)29-11-18(20)30-22/h5-6,8-12,24-25,27-28H,4,7H2,1-3H3,(H2,26,29)/b19-13-,20-14-,24-9?,25-10?. The van der Waals surface area contributed by atoms with Crippen LogP contribution >= 0.6 is 0 Å². The number of hydrogen-bond acceptors (Lipinski definition) is 8. The maximum Gasteiger partial charge on any atom is 0.258 e. The topological polar surface area (TPSA) is 133 Å². The molecule has 0 spiro atoms. The lowest BCUT2D eigenvalue weighted by Crippen LogP contribution is -2.20. The van der Waals surface area contributed by atoms with Crippen LogP contribution in [0.3, 0.4) is 0 Å². The fraction of sp³-hybridized carbons (Fsp3) is 0.273. The molecule has 9 heteroatoms. The number of nitrogens with one attached hydrogen (secondary N) is 4. The average Bonchev–Trinajstić information content (AvgIpc) is 2.77. The number of fused-ring (bicyclic) bond motifs is 3. The molecule has 0 amide bonds. The molecule has 0 aliphatic carbocycles. The Morgan fingerprint density at radius 2 is 1.97 bits per heavy atom. The molecule has 2 bridgehead atoms. The minimum Gasteiger partial charge on any atom is -0.467 e. The summed E-state index contributed by atoms with van der Waals surface area (Å²) in [4.78, 5) is 8.73. The van der Waals surface area contributed by atoms with Crippen molar-refractivity contribution in [2.45, 2.75) is 26.4 Å². The third-order valence-electron chi connectivity index (χ3n) is 5.01. The van der Waals surface area contributed by atoms with Gasteiger partial charge in [-0.05, 0) is 43.2 Å². The molecule has 2 heterocycles. The van der Waals surface area contributed by atoms with E-state index in [4.69, 9.17) is 21.3 Å². The Morgan fingerprint density at radius 3 is 2.61 bits per heavy atom. The van der Waals surface area contributed by atoms with Crippen molar-refractivity contribution in [2.75, 3.05) is 19.3 Å². The van der Waals surface area contributed by atoms with E-state index in [-0.39, 0.29) is 18.1 Å². The first-order valence-electron chi connectivity index (χ1n) is 9.91. The largest absolute Gasteiger partial charge is 0.467 e. The van der Waals surface area contributed by atoms with Gasteiger partial charge in [-0.15, -0.1) is 0 Å². The van der Waals surface area contributed by atoms with Crippen molar-refractivity contribution in [1.29, 1.82) is 10.8 Å². The van der Waals surface area contributed by atoms with Gasteiger partial charge < -0.3 is 31.9 Å². The lowest BCUT2D eigenvalue weighted by atomic mass is 9.94. The van der Waals surface area contributed by atoms with E-state index in [0.29, 0.717) is 45.9 Å². The van der Waals surface area contributed by atoms with Crippen molar-refractivity contribution in [1.82, 2.24) is 20.6 Å². The minimum absolute atomic E-state index is 0.113. The third-order valence-corrected chi connectivity index (χ3v) is 5.01. The molecule has 0 saturated carbocycles. The Morgan fingerprint density at radius 1 is 1.26 bits per heavy atom. The fourth-order valence-corrected chi connectivity index (χ4v) is 3.56. The molecule has 0 fully saturated rings. The van der Waals surface area contributed by atoms with Gasteiger partial charge in [0.15, 0.2) is 5.82 Å². The van der Waals surface area contributed by atoms with E-state index in [1.807, 2.05) is 6.92 Å². The quantitative estimate of drug-likeness (QED) is 0.469. The third kappa shape index (κ3) is 4.40. The summed E-state index contributed by atoms with van der Waals surface area (Å²) in [5.41, 5.74) is 10.2. The van der Waals surface area contributed by atoms with Crippen LogP contribution in [0.25, 0.3) is 11.4 Å². The molecule has 1 aliphatic heterocycles. The number of nitrogens with two attached hydrogens (primary N) is 1. The maximum absolute atomic E-state index is 14.2. The van der Waals surface area contributed by atoms with Crippen LogP contribution < -0.4 is 21.1 Å². The van der Waals surface area contributed by atoms with Crippen LogP contribution in [0.15, 0.2) is 35.5 Å². The minimum atomic E-state index is -0.596. The highest BCUT2D eigenvalue weighted by molar-refractivity contribution is 5.95. The predicted molar refractivity (Wildman–Crippen MR) is 121 cm³/mol. The second-order valence-corrected chi connectivity index (χ2v) is 6.98. The van der Waals surface area contributed by atoms with Gasteiger partial charge in [0, 0.05) is 49.3 Å². The Kier molecular flexibility index (Phi) is 6.64. The van der Waals surface area contributed by atoms with E-state index in [1.54, 1.807) is 20.0 Å². The van der Waals surface area contributed by atoms with E-state index in [2.05, 4.69) is 20.6 Å². The highest BCUT2D eigenvalue weighted by Crippen LogP contribution is 2.33.